The minimum atomic E-state index is 0.0569. The van der Waals surface area contributed by atoms with Crippen molar-refractivity contribution in [2.75, 3.05) is 7.05 Å². The van der Waals surface area contributed by atoms with Crippen molar-refractivity contribution in [1.82, 2.24) is 14.9 Å². The smallest absolute Gasteiger partial charge is 0.261 e. The Morgan fingerprint density at radius 3 is 2.94 bits per heavy atom. The molecule has 1 unspecified atom stereocenters. The first kappa shape index (κ1) is 11.4. The summed E-state index contributed by atoms with van der Waals surface area (Å²) < 4.78 is 1.72. The molecule has 4 heteroatoms. The monoisotopic (exact) mass is 243 g/mol. The lowest BCUT2D eigenvalue weighted by molar-refractivity contribution is 0.428. The molecule has 1 aromatic carbocycles. The normalized spacial score (nSPS) is 16.9. The second-order valence-corrected chi connectivity index (χ2v) is 4.95. The molecule has 1 aliphatic carbocycles. The van der Waals surface area contributed by atoms with Gasteiger partial charge in [0, 0.05) is 12.6 Å². The molecule has 1 aromatic heterocycles. The number of rotatable bonds is 4. The van der Waals surface area contributed by atoms with E-state index in [1.165, 1.54) is 12.8 Å². The maximum atomic E-state index is 12.3. The highest BCUT2D eigenvalue weighted by atomic mass is 16.1. The molecule has 1 N–H and O–H groups in total. The third-order valence-corrected chi connectivity index (χ3v) is 3.69. The van der Waals surface area contributed by atoms with Crippen LogP contribution in [0.3, 0.4) is 0 Å². The van der Waals surface area contributed by atoms with Crippen LogP contribution >= 0.6 is 0 Å². The predicted molar refractivity (Wildman–Crippen MR) is 71.6 cm³/mol. The minimum Gasteiger partial charge on any atom is -0.315 e. The lowest BCUT2D eigenvalue weighted by atomic mass is 10.2. The summed E-state index contributed by atoms with van der Waals surface area (Å²) in [6.45, 7) is 0.706. The van der Waals surface area contributed by atoms with Crippen LogP contribution in [0.4, 0.5) is 0 Å². The fourth-order valence-corrected chi connectivity index (χ4v) is 2.42. The number of fused-ring (bicyclic) bond motifs is 1. The number of nitrogens with one attached hydrogen (secondary N) is 1. The van der Waals surface area contributed by atoms with Gasteiger partial charge < -0.3 is 5.32 Å². The van der Waals surface area contributed by atoms with Crippen LogP contribution < -0.4 is 10.9 Å². The predicted octanol–water partition coefficient (Wildman–Crippen LogP) is 1.39. The van der Waals surface area contributed by atoms with Gasteiger partial charge in [0.1, 0.15) is 0 Å². The van der Waals surface area contributed by atoms with E-state index in [0.29, 0.717) is 23.9 Å². The van der Waals surface area contributed by atoms with E-state index in [4.69, 9.17) is 0 Å². The van der Waals surface area contributed by atoms with Crippen LogP contribution in [0.1, 0.15) is 12.8 Å². The zero-order valence-corrected chi connectivity index (χ0v) is 10.5. The van der Waals surface area contributed by atoms with Gasteiger partial charge in [0.15, 0.2) is 0 Å². The van der Waals surface area contributed by atoms with Gasteiger partial charge >= 0.3 is 0 Å². The van der Waals surface area contributed by atoms with E-state index in [-0.39, 0.29) is 5.56 Å². The zero-order chi connectivity index (χ0) is 12.5. The molecule has 3 rings (SSSR count). The Morgan fingerprint density at radius 1 is 1.44 bits per heavy atom. The summed E-state index contributed by atoms with van der Waals surface area (Å²) in [6, 6.07) is 7.88. The van der Waals surface area contributed by atoms with E-state index in [0.717, 1.165) is 5.52 Å². The molecule has 1 saturated carbocycles. The SMILES string of the molecule is CNC(Cn1cnc2ccccc2c1=O)C1CC1. The van der Waals surface area contributed by atoms with E-state index in [1.54, 1.807) is 10.9 Å². The molecule has 0 bridgehead atoms. The van der Waals surface area contributed by atoms with Crippen LogP contribution in [0.15, 0.2) is 35.4 Å². The number of benzene rings is 1. The highest BCUT2D eigenvalue weighted by Gasteiger charge is 2.30. The summed E-state index contributed by atoms with van der Waals surface area (Å²) in [5, 5.41) is 4.00. The first-order chi connectivity index (χ1) is 8.79. The summed E-state index contributed by atoms with van der Waals surface area (Å²) in [5.74, 6) is 0.716. The summed E-state index contributed by atoms with van der Waals surface area (Å²) in [6.07, 6.45) is 4.19. The lowest BCUT2D eigenvalue weighted by Crippen LogP contribution is -2.36. The van der Waals surface area contributed by atoms with Crippen molar-refractivity contribution in [2.45, 2.75) is 25.4 Å². The highest BCUT2D eigenvalue weighted by molar-refractivity contribution is 5.76. The van der Waals surface area contributed by atoms with Gasteiger partial charge in [-0.3, -0.25) is 9.36 Å². The Bertz CT molecular complexity index is 616. The zero-order valence-electron chi connectivity index (χ0n) is 10.5. The quantitative estimate of drug-likeness (QED) is 0.883. The molecule has 1 fully saturated rings. The van der Waals surface area contributed by atoms with Gasteiger partial charge in [-0.25, -0.2) is 4.98 Å². The van der Waals surface area contributed by atoms with E-state index >= 15 is 0 Å². The Kier molecular flexibility index (Phi) is 2.88. The standard InChI is InChI=1S/C14H17N3O/c1-15-13(10-6-7-10)8-17-9-16-12-5-3-2-4-11(12)14(17)18/h2-5,9-10,13,15H,6-8H2,1H3. The third kappa shape index (κ3) is 2.04. The van der Waals surface area contributed by atoms with Gasteiger partial charge in [-0.15, -0.1) is 0 Å². The first-order valence-corrected chi connectivity index (χ1v) is 6.41. The maximum Gasteiger partial charge on any atom is 0.261 e. The second kappa shape index (κ2) is 4.53. The van der Waals surface area contributed by atoms with Crippen LogP contribution in [0.25, 0.3) is 10.9 Å². The van der Waals surface area contributed by atoms with Crippen LogP contribution in [0.2, 0.25) is 0 Å². The van der Waals surface area contributed by atoms with Crippen LogP contribution in [-0.2, 0) is 6.54 Å². The summed E-state index contributed by atoms with van der Waals surface area (Å²) in [4.78, 5) is 16.7. The molecule has 1 aliphatic rings. The van der Waals surface area contributed by atoms with Crippen molar-refractivity contribution < 1.29 is 0 Å². The second-order valence-electron chi connectivity index (χ2n) is 4.95. The number of aromatic nitrogens is 2. The molecule has 0 amide bonds. The minimum absolute atomic E-state index is 0.0569. The number of likely N-dealkylation sites (N-methyl/N-ethyl adjacent to an activating group) is 1. The Balaban J connectivity index is 1.96. The van der Waals surface area contributed by atoms with Crippen LogP contribution in [0.5, 0.6) is 0 Å². The molecule has 0 saturated heterocycles. The molecule has 0 spiro atoms. The molecule has 94 valence electrons. The number of nitrogens with zero attached hydrogens (tertiary/aromatic N) is 2. The summed E-state index contributed by atoms with van der Waals surface area (Å²) >= 11 is 0. The van der Waals surface area contributed by atoms with Gasteiger partial charge in [-0.2, -0.15) is 0 Å². The molecular weight excluding hydrogens is 226 g/mol. The van der Waals surface area contributed by atoms with Gasteiger partial charge in [0.25, 0.3) is 5.56 Å². The third-order valence-electron chi connectivity index (χ3n) is 3.69. The number of hydrogen-bond acceptors (Lipinski definition) is 3. The number of para-hydroxylation sites is 1. The molecule has 18 heavy (non-hydrogen) atoms. The Hall–Kier alpha value is -1.68. The lowest BCUT2D eigenvalue weighted by Gasteiger charge is -2.16. The fraction of sp³-hybridized carbons (Fsp3) is 0.429. The molecule has 4 nitrogen and oxygen atoms in total. The van der Waals surface area contributed by atoms with Crippen molar-refractivity contribution in [3.63, 3.8) is 0 Å². The van der Waals surface area contributed by atoms with Crippen molar-refractivity contribution in [1.29, 1.82) is 0 Å². The summed E-state index contributed by atoms with van der Waals surface area (Å²) in [7, 11) is 1.96. The van der Waals surface area contributed by atoms with Crippen molar-refractivity contribution in [2.24, 2.45) is 5.92 Å². The Morgan fingerprint density at radius 2 is 2.22 bits per heavy atom. The topological polar surface area (TPSA) is 46.9 Å². The molecule has 0 radical (unpaired) electrons. The summed E-state index contributed by atoms with van der Waals surface area (Å²) in [5.41, 5.74) is 0.827. The van der Waals surface area contributed by atoms with Crippen molar-refractivity contribution in [3.8, 4) is 0 Å². The highest BCUT2D eigenvalue weighted by Crippen LogP contribution is 2.32. The first-order valence-electron chi connectivity index (χ1n) is 6.41. The molecular formula is C14H17N3O. The molecule has 1 atom stereocenters. The molecule has 2 aromatic rings. The largest absolute Gasteiger partial charge is 0.315 e. The molecule has 1 heterocycles. The molecule has 0 aliphatic heterocycles. The van der Waals surface area contributed by atoms with Gasteiger partial charge in [0.2, 0.25) is 0 Å². The number of hydrogen-bond donors (Lipinski definition) is 1. The van der Waals surface area contributed by atoms with Gasteiger partial charge in [-0.1, -0.05) is 12.1 Å². The van der Waals surface area contributed by atoms with E-state index < -0.39 is 0 Å². The maximum absolute atomic E-state index is 12.3. The van der Waals surface area contributed by atoms with Crippen molar-refractivity contribution >= 4 is 10.9 Å². The average Bonchev–Trinajstić information content (AvgIpc) is 3.23. The van der Waals surface area contributed by atoms with Crippen molar-refractivity contribution in [3.05, 3.63) is 40.9 Å². The Labute approximate surface area is 106 Å². The fourth-order valence-electron chi connectivity index (χ4n) is 2.42. The van der Waals surface area contributed by atoms with Crippen LogP contribution in [0, 0.1) is 5.92 Å². The average molecular weight is 243 g/mol. The van der Waals surface area contributed by atoms with Crippen LogP contribution in [-0.4, -0.2) is 22.6 Å². The van der Waals surface area contributed by atoms with E-state index in [2.05, 4.69) is 10.3 Å². The van der Waals surface area contributed by atoms with E-state index in [9.17, 15) is 4.79 Å². The van der Waals surface area contributed by atoms with E-state index in [1.807, 2.05) is 31.3 Å². The van der Waals surface area contributed by atoms with Gasteiger partial charge in [-0.05, 0) is 37.9 Å². The van der Waals surface area contributed by atoms with Gasteiger partial charge in [0.05, 0.1) is 17.2 Å².